The lowest BCUT2D eigenvalue weighted by atomic mass is 10.0. The smallest absolute Gasteiger partial charge is 0.160 e. The topological polar surface area (TPSA) is 35.6 Å². The number of aromatic nitrogens is 4. The predicted octanol–water partition coefficient (Wildman–Crippen LogP) is 15.1. The van der Waals surface area contributed by atoms with E-state index in [1.54, 1.807) is 0 Å². The predicted molar refractivity (Wildman–Crippen MR) is 260 cm³/mol. The van der Waals surface area contributed by atoms with Gasteiger partial charge in [-0.1, -0.05) is 152 Å². The van der Waals surface area contributed by atoms with E-state index in [2.05, 4.69) is 221 Å². The van der Waals surface area contributed by atoms with Gasteiger partial charge in [0, 0.05) is 43.7 Å². The minimum absolute atomic E-state index is 0.701. The Hall–Kier alpha value is -8.34. The minimum Gasteiger partial charge on any atom is -0.309 e. The van der Waals surface area contributed by atoms with E-state index >= 15 is 0 Å². The molecular weight excluding hydrogens is 753 g/mol. The largest absolute Gasteiger partial charge is 0.309 e. The van der Waals surface area contributed by atoms with E-state index in [9.17, 15) is 0 Å². The van der Waals surface area contributed by atoms with Crippen LogP contribution in [-0.4, -0.2) is 19.1 Å². The van der Waals surface area contributed by atoms with E-state index in [-0.39, 0.29) is 0 Å². The number of hydrogen-bond acceptors (Lipinski definition) is 2. The zero-order chi connectivity index (χ0) is 40.7. The number of para-hydroxylation sites is 2. The normalized spacial score (nSPS) is 11.9. The van der Waals surface area contributed by atoms with Gasteiger partial charge in [0.15, 0.2) is 5.82 Å². The van der Waals surface area contributed by atoms with Crippen LogP contribution in [0.2, 0.25) is 0 Å². The van der Waals surface area contributed by atoms with Crippen molar-refractivity contribution in [1.29, 1.82) is 0 Å². The average Bonchev–Trinajstić information content (AvgIpc) is 3.86. The standard InChI is InChI=1S/C58H36N4/c1-2-13-37(14-3-1)38-25-27-40(28-26-38)57-46-19-8-10-21-49(46)59-58(60-57)41-29-32-44(33-30-41)61-51-23-12-24-52(56(51)48-35-42-16-4-5-17-43(42)36-54(48)61)62-50-22-11-9-20-47(50)55-45-18-7-6-15-39(45)31-34-53(55)62/h1-36H. The molecule has 288 valence electrons. The van der Waals surface area contributed by atoms with Gasteiger partial charge in [0.25, 0.3) is 0 Å². The van der Waals surface area contributed by atoms with Crippen LogP contribution in [0, 0.1) is 0 Å². The van der Waals surface area contributed by atoms with Crippen LogP contribution in [0.3, 0.4) is 0 Å². The third-order valence-electron chi connectivity index (χ3n) is 12.7. The van der Waals surface area contributed by atoms with E-state index < -0.39 is 0 Å². The van der Waals surface area contributed by atoms with Crippen molar-refractivity contribution in [3.05, 3.63) is 218 Å². The molecule has 0 saturated heterocycles. The van der Waals surface area contributed by atoms with Crippen molar-refractivity contribution in [2.45, 2.75) is 0 Å². The van der Waals surface area contributed by atoms with E-state index in [4.69, 9.17) is 9.97 Å². The maximum Gasteiger partial charge on any atom is 0.160 e. The molecule has 0 aliphatic heterocycles. The van der Waals surface area contributed by atoms with E-state index in [1.807, 2.05) is 6.07 Å². The molecular formula is C58H36N4. The first-order valence-corrected chi connectivity index (χ1v) is 21.2. The summed E-state index contributed by atoms with van der Waals surface area (Å²) in [5.41, 5.74) is 13.2. The maximum atomic E-state index is 5.26. The van der Waals surface area contributed by atoms with Crippen LogP contribution in [-0.2, 0) is 0 Å². The lowest BCUT2D eigenvalue weighted by Gasteiger charge is -2.13. The molecule has 0 atom stereocenters. The Balaban J connectivity index is 0.996. The summed E-state index contributed by atoms with van der Waals surface area (Å²) in [6.07, 6.45) is 0. The van der Waals surface area contributed by atoms with Crippen LogP contribution in [0.25, 0.3) is 121 Å². The number of nitrogens with zero attached hydrogens (tertiary/aromatic N) is 4. The summed E-state index contributed by atoms with van der Waals surface area (Å²) in [5.74, 6) is 0.701. The zero-order valence-electron chi connectivity index (χ0n) is 33.6. The van der Waals surface area contributed by atoms with Crippen LogP contribution in [0.5, 0.6) is 0 Å². The summed E-state index contributed by atoms with van der Waals surface area (Å²) >= 11 is 0. The van der Waals surface area contributed by atoms with Gasteiger partial charge in [-0.15, -0.1) is 0 Å². The first kappa shape index (κ1) is 34.5. The van der Waals surface area contributed by atoms with Gasteiger partial charge in [0.05, 0.1) is 39.0 Å². The first-order chi connectivity index (χ1) is 30.7. The molecule has 0 amide bonds. The summed E-state index contributed by atoms with van der Waals surface area (Å²) in [6.45, 7) is 0. The second kappa shape index (κ2) is 13.6. The van der Waals surface area contributed by atoms with E-state index in [0.29, 0.717) is 5.82 Å². The van der Waals surface area contributed by atoms with Crippen LogP contribution >= 0.6 is 0 Å². The number of rotatable bonds is 5. The Labute approximate surface area is 357 Å². The molecule has 13 rings (SSSR count). The molecule has 0 saturated carbocycles. The molecule has 10 aromatic carbocycles. The molecule has 0 radical (unpaired) electrons. The Bertz CT molecular complexity index is 3900. The molecule has 62 heavy (non-hydrogen) atoms. The second-order valence-corrected chi connectivity index (χ2v) is 16.2. The fraction of sp³-hybridized carbons (Fsp3) is 0. The molecule has 3 heterocycles. The number of benzene rings is 10. The summed E-state index contributed by atoms with van der Waals surface area (Å²) in [6, 6.07) is 78.6. The highest BCUT2D eigenvalue weighted by atomic mass is 15.0. The molecule has 0 aliphatic carbocycles. The summed E-state index contributed by atoms with van der Waals surface area (Å²) in [4.78, 5) is 10.4. The molecule has 0 unspecified atom stereocenters. The van der Waals surface area contributed by atoms with Crippen molar-refractivity contribution in [3.8, 4) is 45.1 Å². The van der Waals surface area contributed by atoms with E-state index in [0.717, 1.165) is 50.1 Å². The summed E-state index contributed by atoms with van der Waals surface area (Å²) in [5, 5.41) is 10.9. The fourth-order valence-corrected chi connectivity index (χ4v) is 9.83. The lowest BCUT2D eigenvalue weighted by molar-refractivity contribution is 1.17. The Morgan fingerprint density at radius 1 is 0.306 bits per heavy atom. The molecule has 0 spiro atoms. The lowest BCUT2D eigenvalue weighted by Crippen LogP contribution is -1.98. The zero-order valence-corrected chi connectivity index (χ0v) is 33.6. The molecule has 0 fully saturated rings. The van der Waals surface area contributed by atoms with Gasteiger partial charge < -0.3 is 9.13 Å². The Morgan fingerprint density at radius 2 is 0.919 bits per heavy atom. The Kier molecular flexibility index (Phi) is 7.57. The van der Waals surface area contributed by atoms with Crippen LogP contribution < -0.4 is 0 Å². The highest BCUT2D eigenvalue weighted by Crippen LogP contribution is 2.43. The minimum atomic E-state index is 0.701. The maximum absolute atomic E-state index is 5.26. The quantitative estimate of drug-likeness (QED) is 0.174. The molecule has 0 aliphatic rings. The van der Waals surface area contributed by atoms with Gasteiger partial charge >= 0.3 is 0 Å². The van der Waals surface area contributed by atoms with Crippen molar-refractivity contribution in [2.75, 3.05) is 0 Å². The molecule has 4 nitrogen and oxygen atoms in total. The summed E-state index contributed by atoms with van der Waals surface area (Å²) in [7, 11) is 0. The van der Waals surface area contributed by atoms with Crippen LogP contribution in [0.1, 0.15) is 0 Å². The number of fused-ring (bicyclic) bond motifs is 10. The SMILES string of the molecule is c1ccc(-c2ccc(-c3nc(-c4ccc(-n5c6cc7ccccc7cc6c6c(-n7c8ccccc8c8c9ccccc9ccc87)cccc65)cc4)nc4ccccc34)cc2)cc1. The molecule has 3 aromatic heterocycles. The second-order valence-electron chi connectivity index (χ2n) is 16.2. The third kappa shape index (κ3) is 5.27. The molecule has 0 N–H and O–H groups in total. The monoisotopic (exact) mass is 788 g/mol. The Morgan fingerprint density at radius 3 is 1.74 bits per heavy atom. The van der Waals surface area contributed by atoms with Gasteiger partial charge in [-0.2, -0.15) is 0 Å². The molecule has 4 heteroatoms. The summed E-state index contributed by atoms with van der Waals surface area (Å²) < 4.78 is 4.90. The van der Waals surface area contributed by atoms with Gasteiger partial charge in [-0.25, -0.2) is 9.97 Å². The number of hydrogen-bond donors (Lipinski definition) is 0. The van der Waals surface area contributed by atoms with Crippen molar-refractivity contribution in [2.24, 2.45) is 0 Å². The van der Waals surface area contributed by atoms with Crippen LogP contribution in [0.15, 0.2) is 218 Å². The van der Waals surface area contributed by atoms with E-state index in [1.165, 1.54) is 65.3 Å². The van der Waals surface area contributed by atoms with Crippen molar-refractivity contribution in [1.82, 2.24) is 19.1 Å². The van der Waals surface area contributed by atoms with Crippen LogP contribution in [0.4, 0.5) is 0 Å². The highest BCUT2D eigenvalue weighted by Gasteiger charge is 2.21. The van der Waals surface area contributed by atoms with Gasteiger partial charge in [0.2, 0.25) is 0 Å². The van der Waals surface area contributed by atoms with Gasteiger partial charge in [-0.05, 0) is 99.4 Å². The van der Waals surface area contributed by atoms with Crippen molar-refractivity contribution in [3.63, 3.8) is 0 Å². The van der Waals surface area contributed by atoms with Crippen molar-refractivity contribution >= 4 is 76.1 Å². The van der Waals surface area contributed by atoms with Gasteiger partial charge in [0.1, 0.15) is 0 Å². The third-order valence-corrected chi connectivity index (χ3v) is 12.7. The first-order valence-electron chi connectivity index (χ1n) is 21.2. The highest BCUT2D eigenvalue weighted by molar-refractivity contribution is 6.23. The molecule has 13 aromatic rings. The molecule has 0 bridgehead atoms. The fourth-order valence-electron chi connectivity index (χ4n) is 9.83. The van der Waals surface area contributed by atoms with Crippen molar-refractivity contribution < 1.29 is 0 Å². The average molecular weight is 789 g/mol. The van der Waals surface area contributed by atoms with Gasteiger partial charge in [-0.3, -0.25) is 0 Å².